The Balaban J connectivity index is 2.15. The molecule has 0 aliphatic carbocycles. The first-order chi connectivity index (χ1) is 13.1. The van der Waals surface area contributed by atoms with E-state index in [4.69, 9.17) is 0 Å². The number of carboxylic acids is 1. The molecule has 0 atom stereocenters. The molecule has 3 rings (SSSR count). The zero-order chi connectivity index (χ0) is 20.6. The van der Waals surface area contributed by atoms with Gasteiger partial charge in [0.15, 0.2) is 4.80 Å². The summed E-state index contributed by atoms with van der Waals surface area (Å²) in [7, 11) is 0. The Bertz CT molecular complexity index is 1160. The molecule has 1 amide bonds. The Morgan fingerprint density at radius 1 is 1.14 bits per heavy atom. The molecule has 0 radical (unpaired) electrons. The third kappa shape index (κ3) is 3.99. The Kier molecular flexibility index (Phi) is 5.12. The molecule has 0 bridgehead atoms. The molecule has 0 aliphatic heterocycles. The number of hydrogen-bond acceptors (Lipinski definition) is 3. The number of carbonyl (C=O) groups excluding carboxylic acids is 1. The molecule has 146 valence electrons. The van der Waals surface area contributed by atoms with Crippen LogP contribution in [-0.4, -0.2) is 21.6 Å². The van der Waals surface area contributed by atoms with Crippen LogP contribution in [0.5, 0.6) is 0 Å². The predicted octanol–water partition coefficient (Wildman–Crippen LogP) is 4.16. The molecule has 1 N–H and O–H groups in total. The first kappa shape index (κ1) is 19.8. The van der Waals surface area contributed by atoms with Gasteiger partial charge < -0.3 is 9.67 Å². The highest BCUT2D eigenvalue weighted by Crippen LogP contribution is 2.29. The molecule has 0 fully saturated rings. The maximum absolute atomic E-state index is 12.9. The van der Waals surface area contributed by atoms with Gasteiger partial charge in [-0.05, 0) is 55.3 Å². The molecule has 0 spiro atoms. The summed E-state index contributed by atoms with van der Waals surface area (Å²) in [5.41, 5.74) is 1.37. The van der Waals surface area contributed by atoms with Gasteiger partial charge in [-0.15, -0.1) is 0 Å². The number of amides is 1. The summed E-state index contributed by atoms with van der Waals surface area (Å²) >= 11 is 1.11. The van der Waals surface area contributed by atoms with Crippen LogP contribution in [0.4, 0.5) is 13.2 Å². The molecule has 5 nitrogen and oxygen atoms in total. The van der Waals surface area contributed by atoms with Crippen LogP contribution >= 0.6 is 11.3 Å². The number of fused-ring (bicyclic) bond motifs is 1. The van der Waals surface area contributed by atoms with Crippen LogP contribution in [0.2, 0.25) is 0 Å². The summed E-state index contributed by atoms with van der Waals surface area (Å²) in [4.78, 5) is 27.7. The van der Waals surface area contributed by atoms with E-state index in [1.54, 1.807) is 6.07 Å². The highest BCUT2D eigenvalue weighted by atomic mass is 32.1. The minimum absolute atomic E-state index is 0.116. The van der Waals surface area contributed by atoms with Gasteiger partial charge in [0.2, 0.25) is 0 Å². The van der Waals surface area contributed by atoms with Crippen molar-refractivity contribution in [2.24, 2.45) is 4.99 Å². The number of carbonyl (C=O) groups is 2. The lowest BCUT2D eigenvalue weighted by atomic mass is 10.1. The molecule has 0 aliphatic rings. The van der Waals surface area contributed by atoms with Crippen molar-refractivity contribution in [3.63, 3.8) is 0 Å². The number of aryl methyl sites for hydroxylation is 2. The number of thiazole rings is 1. The smallest absolute Gasteiger partial charge is 0.416 e. The second kappa shape index (κ2) is 7.23. The molecular formula is C19H15F3N2O3S. The zero-order valence-electron chi connectivity index (χ0n) is 14.9. The lowest BCUT2D eigenvalue weighted by Crippen LogP contribution is -2.21. The summed E-state index contributed by atoms with van der Waals surface area (Å²) in [6.07, 6.45) is -4.58. The third-order valence-corrected chi connectivity index (χ3v) is 5.27. The third-order valence-electron chi connectivity index (χ3n) is 4.23. The van der Waals surface area contributed by atoms with Crippen LogP contribution in [0, 0.1) is 13.8 Å². The molecule has 9 heteroatoms. The summed E-state index contributed by atoms with van der Waals surface area (Å²) in [5, 5.41) is 9.20. The average molecular weight is 408 g/mol. The Morgan fingerprint density at radius 2 is 1.82 bits per heavy atom. The quantitative estimate of drug-likeness (QED) is 0.707. The second-order valence-corrected chi connectivity index (χ2v) is 7.27. The van der Waals surface area contributed by atoms with Gasteiger partial charge in [-0.2, -0.15) is 18.2 Å². The van der Waals surface area contributed by atoms with Crippen molar-refractivity contribution in [2.45, 2.75) is 26.6 Å². The van der Waals surface area contributed by atoms with Gasteiger partial charge in [-0.3, -0.25) is 9.59 Å². The second-order valence-electron chi connectivity index (χ2n) is 6.26. The SMILES string of the molecule is Cc1cc2sc(=NC(=O)c3cccc(C(F)(F)F)c3)n(CC(=O)O)c2cc1C. The molecule has 28 heavy (non-hydrogen) atoms. The van der Waals surface area contributed by atoms with E-state index < -0.39 is 30.2 Å². The van der Waals surface area contributed by atoms with Crippen LogP contribution in [0.1, 0.15) is 27.0 Å². The Morgan fingerprint density at radius 3 is 2.46 bits per heavy atom. The number of carboxylic acid groups (broad SMARTS) is 1. The maximum atomic E-state index is 12.9. The number of nitrogens with zero attached hydrogens (tertiary/aromatic N) is 2. The van der Waals surface area contributed by atoms with Gasteiger partial charge in [-0.1, -0.05) is 17.4 Å². The van der Waals surface area contributed by atoms with E-state index in [2.05, 4.69) is 4.99 Å². The molecule has 1 heterocycles. The van der Waals surface area contributed by atoms with E-state index in [9.17, 15) is 27.9 Å². The summed E-state index contributed by atoms with van der Waals surface area (Å²) < 4.78 is 40.7. The molecule has 1 aromatic heterocycles. The van der Waals surface area contributed by atoms with E-state index in [0.29, 0.717) is 5.52 Å². The van der Waals surface area contributed by atoms with Crippen LogP contribution in [0.15, 0.2) is 41.4 Å². The normalized spacial score (nSPS) is 12.5. The lowest BCUT2D eigenvalue weighted by Gasteiger charge is -2.07. The summed E-state index contributed by atoms with van der Waals surface area (Å²) in [6.45, 7) is 3.36. The molecule has 0 saturated carbocycles. The number of hydrogen-bond donors (Lipinski definition) is 1. The van der Waals surface area contributed by atoms with Crippen molar-refractivity contribution in [3.8, 4) is 0 Å². The van der Waals surface area contributed by atoms with Crippen molar-refractivity contribution in [3.05, 3.63) is 63.5 Å². The van der Waals surface area contributed by atoms with Gasteiger partial charge >= 0.3 is 12.1 Å². The maximum Gasteiger partial charge on any atom is 0.416 e. The van der Waals surface area contributed by atoms with Crippen molar-refractivity contribution in [1.82, 2.24) is 4.57 Å². The first-order valence-corrected chi connectivity index (χ1v) is 8.96. The minimum Gasteiger partial charge on any atom is -0.480 e. The van der Waals surface area contributed by atoms with Crippen LogP contribution in [0.25, 0.3) is 10.2 Å². The van der Waals surface area contributed by atoms with Crippen LogP contribution in [0.3, 0.4) is 0 Å². The highest BCUT2D eigenvalue weighted by molar-refractivity contribution is 7.16. The number of aromatic nitrogens is 1. The van der Waals surface area contributed by atoms with Crippen molar-refractivity contribution < 1.29 is 27.9 Å². The van der Waals surface area contributed by atoms with Crippen LogP contribution in [-0.2, 0) is 17.5 Å². The lowest BCUT2D eigenvalue weighted by molar-refractivity contribution is -0.138. The molecule has 3 aromatic rings. The fourth-order valence-corrected chi connectivity index (χ4v) is 3.78. The molecular weight excluding hydrogens is 393 g/mol. The van der Waals surface area contributed by atoms with E-state index in [0.717, 1.165) is 45.4 Å². The fourth-order valence-electron chi connectivity index (χ4n) is 2.67. The van der Waals surface area contributed by atoms with Crippen molar-refractivity contribution in [2.75, 3.05) is 0 Å². The topological polar surface area (TPSA) is 71.7 Å². The fraction of sp³-hybridized carbons (Fsp3) is 0.211. The number of benzene rings is 2. The monoisotopic (exact) mass is 408 g/mol. The Hall–Kier alpha value is -2.94. The largest absolute Gasteiger partial charge is 0.480 e. The van der Waals surface area contributed by atoms with E-state index in [1.807, 2.05) is 19.9 Å². The average Bonchev–Trinajstić information content (AvgIpc) is 2.90. The zero-order valence-corrected chi connectivity index (χ0v) is 15.7. The van der Waals surface area contributed by atoms with Gasteiger partial charge in [0, 0.05) is 5.56 Å². The van der Waals surface area contributed by atoms with Crippen molar-refractivity contribution >= 4 is 33.4 Å². The standard InChI is InChI=1S/C19H15F3N2O3S/c1-10-6-14-15(7-11(10)2)28-18(24(14)9-16(25)26)23-17(27)12-4-3-5-13(8-12)19(20,21)22/h3-8H,9H2,1-2H3,(H,25,26). The number of halogens is 3. The van der Waals surface area contributed by atoms with E-state index >= 15 is 0 Å². The van der Waals surface area contributed by atoms with E-state index in [1.165, 1.54) is 10.6 Å². The highest BCUT2D eigenvalue weighted by Gasteiger charge is 2.30. The first-order valence-electron chi connectivity index (χ1n) is 8.15. The number of rotatable bonds is 3. The Labute approximate surface area is 161 Å². The molecule has 0 unspecified atom stereocenters. The van der Waals surface area contributed by atoms with Gasteiger partial charge in [-0.25, -0.2) is 0 Å². The van der Waals surface area contributed by atoms with Crippen molar-refractivity contribution in [1.29, 1.82) is 0 Å². The molecule has 0 saturated heterocycles. The predicted molar refractivity (Wildman–Crippen MR) is 98.3 cm³/mol. The van der Waals surface area contributed by atoms with E-state index in [-0.39, 0.29) is 10.4 Å². The van der Waals surface area contributed by atoms with Gasteiger partial charge in [0.25, 0.3) is 5.91 Å². The minimum atomic E-state index is -4.58. The summed E-state index contributed by atoms with van der Waals surface area (Å²) in [6, 6.07) is 7.64. The molecule has 2 aromatic carbocycles. The van der Waals surface area contributed by atoms with Gasteiger partial charge in [0.05, 0.1) is 15.8 Å². The number of aliphatic carboxylic acids is 1. The summed E-state index contributed by atoms with van der Waals surface area (Å²) in [5.74, 6) is -1.99. The number of alkyl halides is 3. The van der Waals surface area contributed by atoms with Gasteiger partial charge in [0.1, 0.15) is 6.54 Å². The van der Waals surface area contributed by atoms with Crippen LogP contribution < -0.4 is 4.80 Å².